The Morgan fingerprint density at radius 2 is 1.95 bits per heavy atom. The summed E-state index contributed by atoms with van der Waals surface area (Å²) in [5, 5.41) is 0. The van der Waals surface area contributed by atoms with Crippen molar-refractivity contribution in [1.29, 1.82) is 0 Å². The van der Waals surface area contributed by atoms with Crippen molar-refractivity contribution in [3.05, 3.63) is 51.2 Å². The van der Waals surface area contributed by atoms with Crippen LogP contribution in [0.1, 0.15) is 33.8 Å². The van der Waals surface area contributed by atoms with E-state index in [1.807, 2.05) is 32.0 Å². The maximum atomic E-state index is 12.6. The van der Waals surface area contributed by atoms with Gasteiger partial charge in [-0.05, 0) is 50.1 Å². The summed E-state index contributed by atoms with van der Waals surface area (Å²) in [6.45, 7) is 5.96. The number of thiophene rings is 1. The van der Waals surface area contributed by atoms with E-state index in [1.165, 1.54) is 0 Å². The molecule has 0 fully saturated rings. The first-order valence-electron chi connectivity index (χ1n) is 6.72. The van der Waals surface area contributed by atoms with Crippen LogP contribution in [-0.2, 0) is 16.6 Å². The molecule has 1 aromatic heterocycles. The maximum absolute atomic E-state index is 12.6. The third-order valence-electron chi connectivity index (χ3n) is 3.30. The number of hydrogen-bond acceptors (Lipinski definition) is 4. The quantitative estimate of drug-likeness (QED) is 0.888. The molecule has 3 N–H and O–H groups in total. The van der Waals surface area contributed by atoms with E-state index in [0.717, 1.165) is 15.3 Å². The summed E-state index contributed by atoms with van der Waals surface area (Å²) in [5.41, 5.74) is 7.12. The molecule has 2 aromatic rings. The van der Waals surface area contributed by atoms with Gasteiger partial charge in [-0.3, -0.25) is 0 Å². The zero-order chi connectivity index (χ0) is 15.6. The van der Waals surface area contributed by atoms with Crippen LogP contribution in [0.5, 0.6) is 0 Å². The lowest BCUT2D eigenvalue weighted by atomic mass is 10.1. The highest BCUT2D eigenvalue weighted by Gasteiger charge is 2.21. The van der Waals surface area contributed by atoms with Crippen molar-refractivity contribution in [1.82, 2.24) is 4.72 Å². The van der Waals surface area contributed by atoms with Crippen LogP contribution in [0.15, 0.2) is 35.2 Å². The highest BCUT2D eigenvalue weighted by molar-refractivity contribution is 7.89. The molecule has 4 nitrogen and oxygen atoms in total. The first kappa shape index (κ1) is 16.2. The van der Waals surface area contributed by atoms with Gasteiger partial charge in [-0.2, -0.15) is 0 Å². The van der Waals surface area contributed by atoms with Gasteiger partial charge in [-0.25, -0.2) is 13.1 Å². The van der Waals surface area contributed by atoms with Crippen molar-refractivity contribution < 1.29 is 8.42 Å². The summed E-state index contributed by atoms with van der Waals surface area (Å²) in [4.78, 5) is 2.46. The van der Waals surface area contributed by atoms with Gasteiger partial charge in [0, 0.05) is 16.3 Å². The van der Waals surface area contributed by atoms with E-state index in [-0.39, 0.29) is 6.04 Å². The molecule has 0 saturated heterocycles. The topological polar surface area (TPSA) is 72.2 Å². The number of hydrogen-bond donors (Lipinski definition) is 2. The van der Waals surface area contributed by atoms with E-state index in [0.29, 0.717) is 17.0 Å². The summed E-state index contributed by atoms with van der Waals surface area (Å²) in [7, 11) is -3.56. The molecule has 1 atom stereocenters. The minimum absolute atomic E-state index is 0.255. The maximum Gasteiger partial charge on any atom is 0.241 e. The van der Waals surface area contributed by atoms with Crippen LogP contribution in [0.2, 0.25) is 0 Å². The van der Waals surface area contributed by atoms with Gasteiger partial charge in [0.25, 0.3) is 0 Å². The second-order valence-corrected chi connectivity index (χ2v) is 8.10. The van der Waals surface area contributed by atoms with Crippen LogP contribution >= 0.6 is 11.3 Å². The Labute approximate surface area is 130 Å². The van der Waals surface area contributed by atoms with Crippen molar-refractivity contribution in [3.8, 4) is 0 Å². The molecule has 21 heavy (non-hydrogen) atoms. The van der Waals surface area contributed by atoms with E-state index < -0.39 is 10.0 Å². The summed E-state index contributed by atoms with van der Waals surface area (Å²) in [6.07, 6.45) is 0. The molecule has 0 spiro atoms. The molecular formula is C15H20N2O2S2. The standard InChI is InChI=1S/C15H20N2O2S2/c1-10-4-6-13(9-16)8-15(10)21(18,19)17-12(3)14-7-5-11(2)20-14/h4-8,12,17H,9,16H2,1-3H3. The van der Waals surface area contributed by atoms with Gasteiger partial charge in [0.1, 0.15) is 0 Å². The molecule has 0 radical (unpaired) electrons. The van der Waals surface area contributed by atoms with Crippen molar-refractivity contribution in [3.63, 3.8) is 0 Å². The zero-order valence-corrected chi connectivity index (χ0v) is 14.0. The Hall–Kier alpha value is -1.21. The predicted octanol–water partition coefficient (Wildman–Crippen LogP) is 2.86. The summed E-state index contributed by atoms with van der Waals surface area (Å²) in [6, 6.07) is 8.97. The largest absolute Gasteiger partial charge is 0.326 e. The van der Waals surface area contributed by atoms with Gasteiger partial charge in [-0.15, -0.1) is 11.3 Å². The zero-order valence-electron chi connectivity index (χ0n) is 12.4. The van der Waals surface area contributed by atoms with Gasteiger partial charge in [0.05, 0.1) is 10.9 Å². The molecule has 114 valence electrons. The predicted molar refractivity (Wildman–Crippen MR) is 86.9 cm³/mol. The minimum Gasteiger partial charge on any atom is -0.326 e. The molecular weight excluding hydrogens is 304 g/mol. The van der Waals surface area contributed by atoms with E-state index in [2.05, 4.69) is 4.72 Å². The third-order valence-corrected chi connectivity index (χ3v) is 6.16. The van der Waals surface area contributed by atoms with Gasteiger partial charge in [-0.1, -0.05) is 12.1 Å². The number of sulfonamides is 1. The SMILES string of the molecule is Cc1ccc(C(C)NS(=O)(=O)c2cc(CN)ccc2C)s1. The number of benzene rings is 1. The van der Waals surface area contributed by atoms with Gasteiger partial charge in [0.15, 0.2) is 0 Å². The Balaban J connectivity index is 2.30. The second kappa shape index (κ2) is 6.27. The molecule has 1 unspecified atom stereocenters. The minimum atomic E-state index is -3.56. The van der Waals surface area contributed by atoms with Gasteiger partial charge < -0.3 is 5.73 Å². The van der Waals surface area contributed by atoms with Crippen molar-refractivity contribution in [2.75, 3.05) is 0 Å². The van der Waals surface area contributed by atoms with Crippen LogP contribution in [0.25, 0.3) is 0 Å². The fourth-order valence-corrected chi connectivity index (χ4v) is 4.57. The fraction of sp³-hybridized carbons (Fsp3) is 0.333. The first-order chi connectivity index (χ1) is 9.83. The average Bonchev–Trinajstić information content (AvgIpc) is 2.85. The van der Waals surface area contributed by atoms with Crippen LogP contribution < -0.4 is 10.5 Å². The van der Waals surface area contributed by atoms with Crippen molar-refractivity contribution in [2.24, 2.45) is 5.73 Å². The first-order valence-corrected chi connectivity index (χ1v) is 9.01. The Morgan fingerprint density at radius 3 is 2.52 bits per heavy atom. The van der Waals surface area contributed by atoms with E-state index in [9.17, 15) is 8.42 Å². The lowest BCUT2D eigenvalue weighted by molar-refractivity contribution is 0.568. The molecule has 0 aliphatic carbocycles. The van der Waals surface area contributed by atoms with Crippen LogP contribution in [-0.4, -0.2) is 8.42 Å². The molecule has 0 saturated carbocycles. The summed E-state index contributed by atoms with van der Waals surface area (Å²) in [5.74, 6) is 0. The molecule has 0 aliphatic rings. The summed E-state index contributed by atoms with van der Waals surface area (Å²) < 4.78 is 27.9. The number of nitrogens with two attached hydrogens (primary N) is 1. The van der Waals surface area contributed by atoms with Crippen molar-refractivity contribution >= 4 is 21.4 Å². The highest BCUT2D eigenvalue weighted by Crippen LogP contribution is 2.25. The molecule has 2 rings (SSSR count). The number of rotatable bonds is 5. The highest BCUT2D eigenvalue weighted by atomic mass is 32.2. The molecule has 0 aliphatic heterocycles. The number of aryl methyl sites for hydroxylation is 2. The smallest absolute Gasteiger partial charge is 0.241 e. The summed E-state index contributed by atoms with van der Waals surface area (Å²) >= 11 is 1.60. The second-order valence-electron chi connectivity index (χ2n) is 5.10. The molecule has 6 heteroatoms. The average molecular weight is 324 g/mol. The van der Waals surface area contributed by atoms with E-state index >= 15 is 0 Å². The van der Waals surface area contributed by atoms with Gasteiger partial charge in [0.2, 0.25) is 10.0 Å². The molecule has 0 bridgehead atoms. The Kier molecular flexibility index (Phi) is 4.83. The normalized spacial score (nSPS) is 13.3. The van der Waals surface area contributed by atoms with Gasteiger partial charge >= 0.3 is 0 Å². The fourth-order valence-electron chi connectivity index (χ4n) is 2.10. The molecule has 1 aromatic carbocycles. The Morgan fingerprint density at radius 1 is 1.24 bits per heavy atom. The lowest BCUT2D eigenvalue weighted by Gasteiger charge is -2.15. The van der Waals surface area contributed by atoms with E-state index in [1.54, 1.807) is 30.4 Å². The Bertz CT molecular complexity index is 736. The van der Waals surface area contributed by atoms with Crippen LogP contribution in [0, 0.1) is 13.8 Å². The third kappa shape index (κ3) is 3.71. The monoisotopic (exact) mass is 324 g/mol. The molecule has 0 amide bonds. The van der Waals surface area contributed by atoms with Crippen molar-refractivity contribution in [2.45, 2.75) is 38.3 Å². The van der Waals surface area contributed by atoms with Crippen LogP contribution in [0.4, 0.5) is 0 Å². The lowest BCUT2D eigenvalue weighted by Crippen LogP contribution is -2.27. The number of nitrogens with one attached hydrogen (secondary N) is 1. The van der Waals surface area contributed by atoms with E-state index in [4.69, 9.17) is 5.73 Å². The van der Waals surface area contributed by atoms with Crippen LogP contribution in [0.3, 0.4) is 0 Å². The molecule has 1 heterocycles.